The van der Waals surface area contributed by atoms with Gasteiger partial charge < -0.3 is 10.2 Å². The highest BCUT2D eigenvalue weighted by Gasteiger charge is 2.31. The Morgan fingerprint density at radius 2 is 1.64 bits per heavy atom. The molecule has 0 aliphatic carbocycles. The van der Waals surface area contributed by atoms with Crippen LogP contribution in [0.25, 0.3) is 10.9 Å². The molecule has 9 nitrogen and oxygen atoms in total. The van der Waals surface area contributed by atoms with Crippen molar-refractivity contribution in [3.63, 3.8) is 0 Å². The van der Waals surface area contributed by atoms with Gasteiger partial charge in [0, 0.05) is 57.1 Å². The van der Waals surface area contributed by atoms with E-state index in [4.69, 9.17) is 0 Å². The zero-order valence-electron chi connectivity index (χ0n) is 23.8. The normalized spacial score (nSPS) is 18.0. The number of hydrogen-bond donors (Lipinski definition) is 2. The molecule has 44 heavy (non-hydrogen) atoms. The number of aromatic nitrogens is 2. The van der Waals surface area contributed by atoms with Gasteiger partial charge in [0.15, 0.2) is 0 Å². The molecule has 2 amide bonds. The van der Waals surface area contributed by atoms with Gasteiger partial charge in [-0.25, -0.2) is 4.98 Å². The Morgan fingerprint density at radius 1 is 0.909 bits per heavy atom. The highest BCUT2D eigenvalue weighted by atomic mass is 19.4. The molecule has 0 bridgehead atoms. The van der Waals surface area contributed by atoms with Crippen molar-refractivity contribution in [2.45, 2.75) is 38.1 Å². The first-order valence-electron chi connectivity index (χ1n) is 14.5. The first-order chi connectivity index (χ1) is 21.2. The van der Waals surface area contributed by atoms with Crippen molar-refractivity contribution in [3.8, 4) is 0 Å². The molecule has 0 saturated carbocycles. The second-order valence-corrected chi connectivity index (χ2v) is 11.1. The van der Waals surface area contributed by atoms with E-state index in [2.05, 4.69) is 32.7 Å². The van der Waals surface area contributed by atoms with Gasteiger partial charge in [-0.1, -0.05) is 36.4 Å². The Labute approximate surface area is 251 Å². The van der Waals surface area contributed by atoms with Crippen LogP contribution in [-0.2, 0) is 28.9 Å². The minimum atomic E-state index is -4.36. The maximum atomic E-state index is 13.4. The fourth-order valence-corrected chi connectivity index (χ4v) is 5.76. The Morgan fingerprint density at radius 3 is 2.36 bits per heavy atom. The van der Waals surface area contributed by atoms with Gasteiger partial charge in [-0.15, -0.1) is 0 Å². The molecule has 0 radical (unpaired) electrons. The van der Waals surface area contributed by atoms with Gasteiger partial charge in [-0.3, -0.25) is 29.2 Å². The standard InChI is InChI=1S/C32H31F3N6O3/c33-32(34,35)23-3-1-4-24(17-23)40-15-13-39(14-16-40)19-22-9-7-21(8-10-22)18-36-25-5-2-6-26-29(25)31(44)41(20-37-26)27-11-12-28(42)38-30(27)43/h1-10,17,20,27,36H,11-16,18-19H2,(H,38,42,43). The number of nitrogens with zero attached hydrogens (tertiary/aromatic N) is 4. The van der Waals surface area contributed by atoms with Crippen LogP contribution in [-0.4, -0.2) is 52.4 Å². The van der Waals surface area contributed by atoms with E-state index in [1.165, 1.54) is 23.0 Å². The quantitative estimate of drug-likeness (QED) is 0.303. The molecule has 3 aromatic carbocycles. The van der Waals surface area contributed by atoms with Crippen LogP contribution in [0.5, 0.6) is 0 Å². The zero-order valence-corrected chi connectivity index (χ0v) is 23.8. The highest BCUT2D eigenvalue weighted by Crippen LogP contribution is 2.32. The predicted octanol–water partition coefficient (Wildman–Crippen LogP) is 4.33. The summed E-state index contributed by atoms with van der Waals surface area (Å²) in [6.07, 6.45) is -2.60. The van der Waals surface area contributed by atoms with Gasteiger partial charge in [0.2, 0.25) is 11.8 Å². The average molecular weight is 605 g/mol. The lowest BCUT2D eigenvalue weighted by atomic mass is 10.1. The first kappa shape index (κ1) is 29.4. The van der Waals surface area contributed by atoms with E-state index in [9.17, 15) is 27.6 Å². The summed E-state index contributed by atoms with van der Waals surface area (Å²) in [6, 6.07) is 18.2. The number of nitrogens with one attached hydrogen (secondary N) is 2. The molecule has 1 unspecified atom stereocenters. The maximum absolute atomic E-state index is 13.4. The second-order valence-electron chi connectivity index (χ2n) is 11.1. The van der Waals surface area contributed by atoms with Gasteiger partial charge in [0.1, 0.15) is 6.04 Å². The van der Waals surface area contributed by atoms with Gasteiger partial charge >= 0.3 is 6.18 Å². The number of piperidine rings is 1. The van der Waals surface area contributed by atoms with Crippen molar-refractivity contribution in [2.75, 3.05) is 36.4 Å². The number of amides is 2. The number of rotatable bonds is 7. The van der Waals surface area contributed by atoms with E-state index in [0.717, 1.165) is 36.8 Å². The van der Waals surface area contributed by atoms with Crippen LogP contribution in [0.3, 0.4) is 0 Å². The van der Waals surface area contributed by atoms with Gasteiger partial charge in [-0.2, -0.15) is 13.2 Å². The number of hydrogen-bond acceptors (Lipinski definition) is 7. The lowest BCUT2D eigenvalue weighted by Crippen LogP contribution is -2.46. The number of carbonyl (C=O) groups excluding carboxylic acids is 2. The largest absolute Gasteiger partial charge is 0.416 e. The van der Waals surface area contributed by atoms with E-state index in [1.54, 1.807) is 18.2 Å². The lowest BCUT2D eigenvalue weighted by molar-refractivity contribution is -0.138. The van der Waals surface area contributed by atoms with Crippen molar-refractivity contribution in [3.05, 3.63) is 100 Å². The van der Waals surface area contributed by atoms with Gasteiger partial charge in [0.05, 0.1) is 22.8 Å². The molecule has 12 heteroatoms. The number of fused-ring (bicyclic) bond motifs is 1. The van der Waals surface area contributed by atoms with Crippen LogP contribution in [0.15, 0.2) is 77.9 Å². The lowest BCUT2D eigenvalue weighted by Gasteiger charge is -2.36. The van der Waals surface area contributed by atoms with Crippen molar-refractivity contribution in [2.24, 2.45) is 0 Å². The van der Waals surface area contributed by atoms with Crippen molar-refractivity contribution < 1.29 is 22.8 Å². The van der Waals surface area contributed by atoms with E-state index >= 15 is 0 Å². The summed E-state index contributed by atoms with van der Waals surface area (Å²) in [6.45, 7) is 3.97. The summed E-state index contributed by atoms with van der Waals surface area (Å²) < 4.78 is 40.6. The second kappa shape index (κ2) is 12.1. The van der Waals surface area contributed by atoms with E-state index in [-0.39, 0.29) is 24.3 Å². The molecule has 3 heterocycles. The fourth-order valence-electron chi connectivity index (χ4n) is 5.76. The molecule has 2 saturated heterocycles. The van der Waals surface area contributed by atoms with Crippen LogP contribution in [0.2, 0.25) is 0 Å². The van der Waals surface area contributed by atoms with Crippen LogP contribution in [0, 0.1) is 0 Å². The Bertz CT molecular complexity index is 1750. The number of benzene rings is 3. The van der Waals surface area contributed by atoms with Crippen LogP contribution >= 0.6 is 0 Å². The van der Waals surface area contributed by atoms with Gasteiger partial charge in [-0.05, 0) is 47.9 Å². The summed E-state index contributed by atoms with van der Waals surface area (Å²) in [5.74, 6) is -0.856. The number of alkyl halides is 3. The number of halogens is 3. The predicted molar refractivity (Wildman–Crippen MR) is 160 cm³/mol. The fraction of sp³-hybridized carbons (Fsp3) is 0.312. The number of imide groups is 1. The van der Waals surface area contributed by atoms with E-state index in [0.29, 0.717) is 41.9 Å². The smallest absolute Gasteiger partial charge is 0.380 e. The van der Waals surface area contributed by atoms with E-state index < -0.39 is 23.7 Å². The molecule has 0 spiro atoms. The molecule has 6 rings (SSSR count). The summed E-state index contributed by atoms with van der Waals surface area (Å²) in [7, 11) is 0. The average Bonchev–Trinajstić information content (AvgIpc) is 3.01. The Balaban J connectivity index is 1.07. The molecule has 2 aliphatic heterocycles. The first-order valence-corrected chi connectivity index (χ1v) is 14.5. The Kier molecular flexibility index (Phi) is 8.09. The topological polar surface area (TPSA) is 99.6 Å². The molecule has 228 valence electrons. The van der Waals surface area contributed by atoms with Crippen LogP contribution < -0.4 is 21.1 Å². The van der Waals surface area contributed by atoms with Gasteiger partial charge in [0.25, 0.3) is 5.56 Å². The van der Waals surface area contributed by atoms with Crippen molar-refractivity contribution in [1.29, 1.82) is 0 Å². The molecule has 4 aromatic rings. The maximum Gasteiger partial charge on any atom is 0.416 e. The number of piperazine rings is 1. The molecule has 2 N–H and O–H groups in total. The summed E-state index contributed by atoms with van der Waals surface area (Å²) in [5.41, 5.74) is 2.85. The third kappa shape index (κ3) is 6.30. The molecule has 2 fully saturated rings. The minimum Gasteiger partial charge on any atom is -0.380 e. The number of anilines is 2. The zero-order chi connectivity index (χ0) is 30.8. The van der Waals surface area contributed by atoms with Crippen molar-refractivity contribution >= 4 is 34.1 Å². The molecular weight excluding hydrogens is 573 g/mol. The SMILES string of the molecule is O=C1CCC(n2cnc3cccc(NCc4ccc(CN5CCN(c6cccc(C(F)(F)F)c6)CC5)cc4)c3c2=O)C(=O)N1. The number of carbonyl (C=O) groups is 2. The monoisotopic (exact) mass is 604 g/mol. The molecular formula is C32H31F3N6O3. The third-order valence-electron chi connectivity index (χ3n) is 8.18. The molecule has 2 aliphatic rings. The van der Waals surface area contributed by atoms with Crippen LogP contribution in [0.1, 0.15) is 35.6 Å². The van der Waals surface area contributed by atoms with Crippen LogP contribution in [0.4, 0.5) is 24.5 Å². The van der Waals surface area contributed by atoms with Crippen molar-refractivity contribution in [1.82, 2.24) is 19.8 Å². The molecule has 1 aromatic heterocycles. The Hall–Kier alpha value is -4.71. The molecule has 1 atom stereocenters. The minimum absolute atomic E-state index is 0.160. The third-order valence-corrected chi connectivity index (χ3v) is 8.18. The summed E-state index contributed by atoms with van der Waals surface area (Å²) >= 11 is 0. The van der Waals surface area contributed by atoms with E-state index in [1.807, 2.05) is 23.1 Å². The summed E-state index contributed by atoms with van der Waals surface area (Å²) in [4.78, 5) is 46.1. The summed E-state index contributed by atoms with van der Waals surface area (Å²) in [5, 5.41) is 6.00. The highest BCUT2D eigenvalue weighted by molar-refractivity contribution is 5.99.